The Morgan fingerprint density at radius 2 is 0.811 bits per heavy atom. The summed E-state index contributed by atoms with van der Waals surface area (Å²) in [5.74, 6) is -68.7. The average molecular weight is 621 g/mol. The lowest BCUT2D eigenvalue weighted by molar-refractivity contribution is -0.459. The van der Waals surface area contributed by atoms with E-state index < -0.39 is 69.4 Å². The fourth-order valence-corrected chi connectivity index (χ4v) is 2.10. The van der Waals surface area contributed by atoms with Crippen LogP contribution in [0.25, 0.3) is 0 Å². The molecular weight excluding hydrogens is 611 g/mol. The zero-order valence-corrected chi connectivity index (χ0v) is 17.4. The zero-order valence-electron chi connectivity index (χ0n) is 16.6. The molecule has 0 aromatic heterocycles. The molecule has 0 spiro atoms. The van der Waals surface area contributed by atoms with E-state index in [2.05, 4.69) is 6.58 Å². The van der Waals surface area contributed by atoms with E-state index in [1.54, 1.807) is 6.08 Å². The number of halogens is 19. The highest BCUT2D eigenvalue weighted by atomic mass is 32.2. The highest BCUT2D eigenvalue weighted by molar-refractivity contribution is 7.87. The number of hydrogen-bond acceptors (Lipinski definition) is 3. The second kappa shape index (κ2) is 10.1. The molecule has 0 unspecified atom stereocenters. The Hall–Kier alpha value is -1.72. The highest BCUT2D eigenvalue weighted by Gasteiger charge is 2.97. The van der Waals surface area contributed by atoms with Crippen molar-refractivity contribution in [1.29, 1.82) is 0 Å². The second-order valence-electron chi connectivity index (χ2n) is 6.38. The lowest BCUT2D eigenvalue weighted by Crippen LogP contribution is -2.76. The van der Waals surface area contributed by atoms with Crippen LogP contribution >= 0.6 is 0 Å². The first-order valence-electron chi connectivity index (χ1n) is 7.97. The van der Waals surface area contributed by atoms with Gasteiger partial charge < -0.3 is 5.73 Å². The number of nitrogens with two attached hydrogens (primary N) is 1. The van der Waals surface area contributed by atoms with Gasteiger partial charge in [0, 0.05) is 6.54 Å². The fraction of sp³-hybridized carbons (Fsp3) is 0.846. The van der Waals surface area contributed by atoms with E-state index in [9.17, 15) is 91.8 Å². The molecule has 0 bridgehead atoms. The van der Waals surface area contributed by atoms with Crippen molar-refractivity contribution >= 4 is 10.1 Å². The van der Waals surface area contributed by atoms with Gasteiger partial charge in [-0.3, -0.25) is 4.55 Å². The van der Waals surface area contributed by atoms with Gasteiger partial charge in [-0.1, -0.05) is 6.08 Å². The maximum absolute atomic E-state index is 13.3. The van der Waals surface area contributed by atoms with E-state index in [-0.39, 0.29) is 0 Å². The third-order valence-electron chi connectivity index (χ3n) is 3.85. The first-order valence-corrected chi connectivity index (χ1v) is 9.41. The predicted octanol–water partition coefficient (Wildman–Crippen LogP) is 5.65. The number of alkyl halides is 19. The summed E-state index contributed by atoms with van der Waals surface area (Å²) in [6.07, 6.45) is 1.65. The van der Waals surface area contributed by atoms with Gasteiger partial charge >= 0.3 is 62.8 Å². The molecule has 0 fully saturated rings. The van der Waals surface area contributed by atoms with Crippen molar-refractivity contribution in [3.8, 4) is 0 Å². The van der Waals surface area contributed by atoms with Crippen LogP contribution in [-0.4, -0.2) is 78.8 Å². The molecule has 0 aliphatic rings. The summed E-state index contributed by atoms with van der Waals surface area (Å²) >= 11 is 0. The van der Waals surface area contributed by atoms with Gasteiger partial charge in [-0.15, -0.1) is 6.58 Å². The van der Waals surface area contributed by atoms with Crippen LogP contribution in [0.15, 0.2) is 12.7 Å². The van der Waals surface area contributed by atoms with Crippen LogP contribution in [0.4, 0.5) is 83.4 Å². The SMILES string of the molecule is C=CCN.O=S(=O)(O)C(F)(F)C(F)(F)C(F)(F)C(F)(F)C(F)(F)C(F)(F)C(F)(F)C(F)(F)C(F)(F)CF. The van der Waals surface area contributed by atoms with E-state index in [4.69, 9.17) is 10.3 Å². The highest BCUT2D eigenvalue weighted by Crippen LogP contribution is 2.65. The van der Waals surface area contributed by atoms with Gasteiger partial charge in [-0.2, -0.15) is 87.4 Å². The molecule has 0 amide bonds. The zero-order chi connectivity index (χ0) is 31.1. The lowest BCUT2D eigenvalue weighted by Gasteiger charge is -2.43. The van der Waals surface area contributed by atoms with E-state index in [0.29, 0.717) is 6.54 Å². The van der Waals surface area contributed by atoms with E-state index in [1.807, 2.05) is 0 Å². The quantitative estimate of drug-likeness (QED) is 0.178. The first kappa shape index (κ1) is 37.4. The normalized spacial score (nSPS) is 15.7. The minimum Gasteiger partial charge on any atom is -0.327 e. The van der Waals surface area contributed by atoms with Crippen LogP contribution in [0.5, 0.6) is 0 Å². The van der Waals surface area contributed by atoms with Crippen molar-refractivity contribution in [1.82, 2.24) is 0 Å². The smallest absolute Gasteiger partial charge is 0.327 e. The molecule has 0 radical (unpaired) electrons. The Balaban J connectivity index is 0. The Morgan fingerprint density at radius 3 is 1.00 bits per heavy atom. The maximum atomic E-state index is 13.3. The fourth-order valence-electron chi connectivity index (χ4n) is 1.64. The van der Waals surface area contributed by atoms with Crippen LogP contribution in [0.1, 0.15) is 0 Å². The third-order valence-corrected chi connectivity index (χ3v) is 4.75. The third kappa shape index (κ3) is 5.15. The molecule has 3 N–H and O–H groups in total. The van der Waals surface area contributed by atoms with Crippen molar-refractivity contribution < 1.29 is 96.4 Å². The van der Waals surface area contributed by atoms with Crippen molar-refractivity contribution in [3.63, 3.8) is 0 Å². The second-order valence-corrected chi connectivity index (χ2v) is 7.84. The minimum atomic E-state index is -9.11. The van der Waals surface area contributed by atoms with Gasteiger partial charge in [0.15, 0.2) is 6.67 Å². The van der Waals surface area contributed by atoms with Crippen LogP contribution in [0.2, 0.25) is 0 Å². The summed E-state index contributed by atoms with van der Waals surface area (Å²) in [5, 5.41) is -7.95. The van der Waals surface area contributed by atoms with Crippen LogP contribution in [-0.2, 0) is 10.1 Å². The van der Waals surface area contributed by atoms with Gasteiger partial charge in [0.25, 0.3) is 0 Å². The Labute approximate surface area is 192 Å². The molecule has 0 atom stereocenters. The van der Waals surface area contributed by atoms with Gasteiger partial charge in [0.05, 0.1) is 0 Å². The van der Waals surface area contributed by atoms with Crippen molar-refractivity contribution in [2.24, 2.45) is 5.73 Å². The summed E-state index contributed by atoms with van der Waals surface area (Å²) in [7, 11) is -8.00. The first-order chi connectivity index (χ1) is 15.7. The Bertz CT molecular complexity index is 914. The molecule has 37 heavy (non-hydrogen) atoms. The molecule has 224 valence electrons. The van der Waals surface area contributed by atoms with Gasteiger partial charge in [0.1, 0.15) is 0 Å². The molecule has 0 saturated carbocycles. The Kier molecular flexibility index (Phi) is 10.2. The van der Waals surface area contributed by atoms with Crippen LogP contribution in [0.3, 0.4) is 0 Å². The molecule has 0 aliphatic carbocycles. The minimum absolute atomic E-state index is 0.583. The molecular formula is C13H10F19NO3S. The molecule has 0 heterocycles. The Morgan fingerprint density at radius 1 is 0.595 bits per heavy atom. The predicted molar refractivity (Wildman–Crippen MR) is 81.3 cm³/mol. The van der Waals surface area contributed by atoms with E-state index >= 15 is 0 Å². The average Bonchev–Trinajstić information content (AvgIpc) is 2.71. The van der Waals surface area contributed by atoms with Gasteiger partial charge in [-0.25, -0.2) is 4.39 Å². The van der Waals surface area contributed by atoms with E-state index in [0.717, 1.165) is 0 Å². The summed E-state index contributed by atoms with van der Waals surface area (Å²) in [5.41, 5.74) is 4.91. The molecule has 0 saturated heterocycles. The molecule has 0 aliphatic heterocycles. The summed E-state index contributed by atoms with van der Waals surface area (Å²) < 4.78 is 274. The topological polar surface area (TPSA) is 80.4 Å². The maximum Gasteiger partial charge on any atom is 0.438 e. The summed E-state index contributed by atoms with van der Waals surface area (Å²) in [4.78, 5) is 0. The van der Waals surface area contributed by atoms with Crippen LogP contribution < -0.4 is 5.73 Å². The standard InChI is InChI=1S/C10H3F19O3S.C3H7N/c11-1-2(12,13)3(14,15)4(16,17)5(18,19)6(20,21)7(22,23)8(24,25)9(26,27)10(28,29)33(30,31)32;1-2-3-4/h1H2,(H,30,31,32);2H,1,3-4H2. The molecule has 24 heteroatoms. The summed E-state index contributed by atoms with van der Waals surface area (Å²) in [6.45, 7) is -0.157. The monoisotopic (exact) mass is 621 g/mol. The van der Waals surface area contributed by atoms with Crippen LogP contribution in [0, 0.1) is 0 Å². The van der Waals surface area contributed by atoms with Gasteiger partial charge in [-0.05, 0) is 0 Å². The lowest BCUT2D eigenvalue weighted by atomic mass is 9.87. The number of rotatable bonds is 11. The van der Waals surface area contributed by atoms with Crippen molar-refractivity contribution in [3.05, 3.63) is 12.7 Å². The molecule has 0 aromatic carbocycles. The van der Waals surface area contributed by atoms with Crippen molar-refractivity contribution in [2.45, 2.75) is 52.6 Å². The largest absolute Gasteiger partial charge is 0.438 e. The summed E-state index contributed by atoms with van der Waals surface area (Å²) in [6, 6.07) is 0. The molecule has 0 aromatic rings. The number of hydrogen-bond donors (Lipinski definition) is 2. The van der Waals surface area contributed by atoms with Gasteiger partial charge in [0.2, 0.25) is 0 Å². The molecule has 4 nitrogen and oxygen atoms in total. The molecule has 0 rings (SSSR count). The van der Waals surface area contributed by atoms with E-state index in [1.165, 1.54) is 0 Å². The van der Waals surface area contributed by atoms with Crippen molar-refractivity contribution in [2.75, 3.05) is 13.2 Å².